The van der Waals surface area contributed by atoms with E-state index in [0.717, 1.165) is 17.5 Å². The third-order valence-corrected chi connectivity index (χ3v) is 5.19. The molecule has 148 valence electrons. The van der Waals surface area contributed by atoms with Crippen LogP contribution in [-0.2, 0) is 0 Å². The Morgan fingerprint density at radius 2 is 1.90 bits per heavy atom. The van der Waals surface area contributed by atoms with Crippen molar-refractivity contribution in [2.45, 2.75) is 26.3 Å². The van der Waals surface area contributed by atoms with E-state index in [0.29, 0.717) is 33.7 Å². The van der Waals surface area contributed by atoms with Crippen molar-refractivity contribution in [1.82, 2.24) is 14.5 Å². The van der Waals surface area contributed by atoms with Crippen LogP contribution in [0.25, 0.3) is 22.4 Å². The highest BCUT2D eigenvalue weighted by Gasteiger charge is 2.26. The molecular weight excluding hydrogens is 388 g/mol. The number of aromatic nitrogens is 3. The number of H-pyrrole nitrogens is 1. The number of benzene rings is 2. The van der Waals surface area contributed by atoms with Gasteiger partial charge in [-0.15, -0.1) is 10.2 Å². The van der Waals surface area contributed by atoms with Crippen molar-refractivity contribution in [2.75, 3.05) is 5.73 Å². The van der Waals surface area contributed by atoms with Gasteiger partial charge >= 0.3 is 0 Å². The van der Waals surface area contributed by atoms with E-state index >= 15 is 0 Å². The molecule has 0 saturated carbocycles. The summed E-state index contributed by atoms with van der Waals surface area (Å²) < 4.78 is 1.79. The smallest absolute Gasteiger partial charge is 0.200 e. The summed E-state index contributed by atoms with van der Waals surface area (Å²) in [5.74, 6) is 1.12. The fraction of sp³-hybridized carbons (Fsp3) is 0.190. The number of hydrogen-bond donors (Lipinski definition) is 3. The SMILES string of the molecule is CC[C@H](C)n1c(N)c(-c2nc3ccccc3[nH]2)c(O)c1N=Nc1ccc(Cl)cc1. The van der Waals surface area contributed by atoms with Gasteiger partial charge in [0.1, 0.15) is 17.2 Å². The van der Waals surface area contributed by atoms with Crippen LogP contribution in [0.15, 0.2) is 58.8 Å². The van der Waals surface area contributed by atoms with E-state index in [2.05, 4.69) is 20.2 Å². The van der Waals surface area contributed by atoms with Crippen LogP contribution in [0.1, 0.15) is 26.3 Å². The number of azo groups is 1. The monoisotopic (exact) mass is 408 g/mol. The molecule has 4 aromatic rings. The zero-order valence-electron chi connectivity index (χ0n) is 16.1. The zero-order valence-corrected chi connectivity index (χ0v) is 16.9. The van der Waals surface area contributed by atoms with Gasteiger partial charge in [0.05, 0.1) is 16.7 Å². The second kappa shape index (κ2) is 7.60. The molecule has 4 N–H and O–H groups in total. The Morgan fingerprint density at radius 1 is 1.17 bits per heavy atom. The molecule has 1 atom stereocenters. The minimum absolute atomic E-state index is 0.0122. The van der Waals surface area contributed by atoms with Gasteiger partial charge in [0.15, 0.2) is 11.6 Å². The van der Waals surface area contributed by atoms with Crippen molar-refractivity contribution in [3.8, 4) is 17.1 Å². The van der Waals surface area contributed by atoms with Gasteiger partial charge in [-0.25, -0.2) is 4.98 Å². The number of aromatic amines is 1. The molecule has 0 fully saturated rings. The highest BCUT2D eigenvalue weighted by Crippen LogP contribution is 2.46. The van der Waals surface area contributed by atoms with Gasteiger partial charge in [0.25, 0.3) is 0 Å². The number of nitrogens with zero attached hydrogens (tertiary/aromatic N) is 4. The number of nitrogen functional groups attached to an aromatic ring is 1. The van der Waals surface area contributed by atoms with Gasteiger partial charge in [-0.1, -0.05) is 30.7 Å². The highest BCUT2D eigenvalue weighted by atomic mass is 35.5. The molecule has 0 unspecified atom stereocenters. The molecule has 8 heteroatoms. The largest absolute Gasteiger partial charge is 0.504 e. The van der Waals surface area contributed by atoms with Gasteiger partial charge < -0.3 is 20.4 Å². The molecule has 29 heavy (non-hydrogen) atoms. The van der Waals surface area contributed by atoms with Gasteiger partial charge in [-0.05, 0) is 49.7 Å². The van der Waals surface area contributed by atoms with Gasteiger partial charge in [0, 0.05) is 11.1 Å². The maximum Gasteiger partial charge on any atom is 0.200 e. The average Bonchev–Trinajstić information content (AvgIpc) is 3.25. The van der Waals surface area contributed by atoms with E-state index in [-0.39, 0.29) is 11.8 Å². The Balaban J connectivity index is 1.86. The number of nitrogens with two attached hydrogens (primary N) is 1. The summed E-state index contributed by atoms with van der Waals surface area (Å²) in [6.45, 7) is 4.06. The van der Waals surface area contributed by atoms with Crippen molar-refractivity contribution < 1.29 is 5.11 Å². The number of aromatic hydroxyl groups is 1. The fourth-order valence-electron chi connectivity index (χ4n) is 3.22. The molecule has 2 heterocycles. The van der Waals surface area contributed by atoms with Crippen LogP contribution in [-0.4, -0.2) is 19.6 Å². The van der Waals surface area contributed by atoms with E-state index in [9.17, 15) is 5.11 Å². The first-order valence-corrected chi connectivity index (χ1v) is 9.72. The third-order valence-electron chi connectivity index (χ3n) is 4.94. The molecule has 2 aromatic heterocycles. The molecule has 7 nitrogen and oxygen atoms in total. The maximum absolute atomic E-state index is 11.0. The van der Waals surface area contributed by atoms with E-state index in [1.165, 1.54) is 0 Å². The first-order chi connectivity index (χ1) is 14.0. The van der Waals surface area contributed by atoms with E-state index in [1.54, 1.807) is 28.8 Å². The predicted octanol–water partition coefficient (Wildman–Crippen LogP) is 6.36. The molecule has 4 rings (SSSR count). The molecule has 0 aliphatic heterocycles. The summed E-state index contributed by atoms with van der Waals surface area (Å²) in [6.07, 6.45) is 0.807. The fourth-order valence-corrected chi connectivity index (χ4v) is 3.35. The number of nitrogens with one attached hydrogen (secondary N) is 1. The van der Waals surface area contributed by atoms with Crippen molar-refractivity contribution in [3.63, 3.8) is 0 Å². The van der Waals surface area contributed by atoms with Crippen LogP contribution in [0.3, 0.4) is 0 Å². The molecule has 0 radical (unpaired) electrons. The molecule has 0 aliphatic rings. The number of fused-ring (bicyclic) bond motifs is 1. The number of halogens is 1. The predicted molar refractivity (Wildman–Crippen MR) is 116 cm³/mol. The Labute approximate surface area is 172 Å². The van der Waals surface area contributed by atoms with Gasteiger partial charge in [-0.2, -0.15) is 0 Å². The third kappa shape index (κ3) is 3.45. The van der Waals surface area contributed by atoms with Gasteiger partial charge in [-0.3, -0.25) is 0 Å². The zero-order chi connectivity index (χ0) is 20.5. The van der Waals surface area contributed by atoms with Crippen molar-refractivity contribution in [2.24, 2.45) is 10.2 Å². The molecule has 0 saturated heterocycles. The quantitative estimate of drug-likeness (QED) is 0.334. The summed E-state index contributed by atoms with van der Waals surface area (Å²) in [6, 6.07) is 14.6. The van der Waals surface area contributed by atoms with E-state index in [1.807, 2.05) is 38.1 Å². The minimum Gasteiger partial charge on any atom is -0.504 e. The van der Waals surface area contributed by atoms with Crippen molar-refractivity contribution in [3.05, 3.63) is 53.6 Å². The van der Waals surface area contributed by atoms with Crippen molar-refractivity contribution >= 4 is 40.0 Å². The number of para-hydroxylation sites is 2. The number of hydrogen-bond acceptors (Lipinski definition) is 5. The van der Waals surface area contributed by atoms with Crippen LogP contribution >= 0.6 is 11.6 Å². The molecule has 0 bridgehead atoms. The summed E-state index contributed by atoms with van der Waals surface area (Å²) >= 11 is 5.92. The van der Waals surface area contributed by atoms with E-state index < -0.39 is 0 Å². The Hall–Kier alpha value is -3.32. The summed E-state index contributed by atoms with van der Waals surface area (Å²) in [4.78, 5) is 7.80. The van der Waals surface area contributed by atoms with Crippen LogP contribution in [0, 0.1) is 0 Å². The van der Waals surface area contributed by atoms with Crippen molar-refractivity contribution in [1.29, 1.82) is 0 Å². The number of rotatable bonds is 5. The minimum atomic E-state index is -0.0560. The summed E-state index contributed by atoms with van der Waals surface area (Å²) in [5, 5.41) is 20.2. The molecule has 0 spiro atoms. The lowest BCUT2D eigenvalue weighted by Crippen LogP contribution is -2.07. The number of imidazole rings is 1. The normalized spacial score (nSPS) is 12.8. The highest BCUT2D eigenvalue weighted by molar-refractivity contribution is 6.30. The second-order valence-corrected chi connectivity index (χ2v) is 7.28. The summed E-state index contributed by atoms with van der Waals surface area (Å²) in [5.41, 5.74) is 9.15. The topological polar surface area (TPSA) is 105 Å². The second-order valence-electron chi connectivity index (χ2n) is 6.84. The lowest BCUT2D eigenvalue weighted by molar-refractivity contribution is 0.470. The van der Waals surface area contributed by atoms with Crippen LogP contribution in [0.2, 0.25) is 5.02 Å². The van der Waals surface area contributed by atoms with E-state index in [4.69, 9.17) is 17.3 Å². The molecular formula is C21H21ClN6O. The molecule has 2 aromatic carbocycles. The average molecular weight is 409 g/mol. The Bertz CT molecular complexity index is 1160. The van der Waals surface area contributed by atoms with Crippen LogP contribution in [0.4, 0.5) is 17.3 Å². The standard InChI is InChI=1S/C21H21ClN6O/c1-3-12(2)28-19(23)17(20-24-15-6-4-5-7-16(15)25-20)18(29)21(28)27-26-14-10-8-13(22)9-11-14/h4-12,29H,3,23H2,1-2H3,(H,24,25)/t12-/m0/s1. The van der Waals surface area contributed by atoms with Crippen LogP contribution in [0.5, 0.6) is 5.75 Å². The molecule has 0 aliphatic carbocycles. The summed E-state index contributed by atoms with van der Waals surface area (Å²) in [7, 11) is 0. The molecule has 0 amide bonds. The first kappa shape index (κ1) is 19.0. The number of anilines is 1. The van der Waals surface area contributed by atoms with Crippen LogP contribution < -0.4 is 5.73 Å². The lowest BCUT2D eigenvalue weighted by Gasteiger charge is -2.14. The maximum atomic E-state index is 11.0. The Morgan fingerprint density at radius 3 is 2.59 bits per heavy atom. The lowest BCUT2D eigenvalue weighted by atomic mass is 10.2. The first-order valence-electron chi connectivity index (χ1n) is 9.34. The Kier molecular flexibility index (Phi) is 4.98. The van der Waals surface area contributed by atoms with Gasteiger partial charge in [0.2, 0.25) is 0 Å².